The Kier molecular flexibility index (Phi) is 2.61. The Morgan fingerprint density at radius 1 is 1.33 bits per heavy atom. The first-order valence-electron chi connectivity index (χ1n) is 5.57. The summed E-state index contributed by atoms with van der Waals surface area (Å²) in [4.78, 5) is 11.4. The summed E-state index contributed by atoms with van der Waals surface area (Å²) in [7, 11) is 0. The van der Waals surface area contributed by atoms with Crippen LogP contribution in [0.3, 0.4) is 0 Å². The number of carbonyl (C=O) groups is 1. The zero-order valence-corrected chi connectivity index (χ0v) is 8.78. The van der Waals surface area contributed by atoms with Crippen LogP contribution in [-0.2, 0) is 4.79 Å². The lowest BCUT2D eigenvalue weighted by molar-refractivity contribution is -0.207. The second kappa shape index (κ2) is 3.54. The standard InChI is InChI=1S/C11H18O4/c12-7-10-3-1-2-4-11(10,15)6-8(13)5-9(10)14/h9,12,14-15H,1-7H2/t9-,10-,11+/m1/s1. The molecule has 0 radical (unpaired) electrons. The molecule has 3 atom stereocenters. The van der Waals surface area contributed by atoms with Crippen LogP contribution in [0.25, 0.3) is 0 Å². The highest BCUT2D eigenvalue weighted by molar-refractivity contribution is 5.81. The van der Waals surface area contributed by atoms with Gasteiger partial charge < -0.3 is 15.3 Å². The normalized spacial score (nSPS) is 46.3. The second-order valence-electron chi connectivity index (χ2n) is 4.99. The fourth-order valence-corrected chi connectivity index (χ4v) is 3.22. The summed E-state index contributed by atoms with van der Waals surface area (Å²) in [6.07, 6.45) is 2.14. The van der Waals surface area contributed by atoms with Gasteiger partial charge in [0.15, 0.2) is 0 Å². The second-order valence-corrected chi connectivity index (χ2v) is 4.99. The SMILES string of the molecule is O=C1C[C@@H](O)[C@]2(CO)CCCC[C@]2(O)C1. The van der Waals surface area contributed by atoms with E-state index in [1.807, 2.05) is 0 Å². The average molecular weight is 214 g/mol. The quantitative estimate of drug-likeness (QED) is 0.574. The van der Waals surface area contributed by atoms with Crippen molar-refractivity contribution in [2.45, 2.75) is 50.2 Å². The highest BCUT2D eigenvalue weighted by Gasteiger charge is 2.59. The monoisotopic (exact) mass is 214 g/mol. The molecule has 0 bridgehead atoms. The van der Waals surface area contributed by atoms with Crippen LogP contribution in [-0.4, -0.2) is 39.4 Å². The largest absolute Gasteiger partial charge is 0.396 e. The number of aliphatic hydroxyl groups excluding tert-OH is 2. The maximum Gasteiger partial charge on any atom is 0.138 e. The van der Waals surface area contributed by atoms with E-state index in [1.165, 1.54) is 0 Å². The van der Waals surface area contributed by atoms with Crippen molar-refractivity contribution in [1.29, 1.82) is 0 Å². The van der Waals surface area contributed by atoms with Gasteiger partial charge in [-0.3, -0.25) is 4.79 Å². The molecule has 0 aromatic heterocycles. The highest BCUT2D eigenvalue weighted by Crippen LogP contribution is 2.52. The molecule has 0 aliphatic heterocycles. The first kappa shape index (κ1) is 11.0. The molecule has 2 aliphatic carbocycles. The van der Waals surface area contributed by atoms with Crippen LogP contribution in [0.1, 0.15) is 38.5 Å². The minimum Gasteiger partial charge on any atom is -0.396 e. The predicted molar refractivity (Wildman–Crippen MR) is 53.2 cm³/mol. The number of rotatable bonds is 1. The van der Waals surface area contributed by atoms with E-state index >= 15 is 0 Å². The van der Waals surface area contributed by atoms with Crippen LogP contribution >= 0.6 is 0 Å². The van der Waals surface area contributed by atoms with E-state index < -0.39 is 17.1 Å². The summed E-state index contributed by atoms with van der Waals surface area (Å²) in [5.74, 6) is -0.101. The van der Waals surface area contributed by atoms with E-state index in [0.29, 0.717) is 12.8 Å². The molecule has 4 heteroatoms. The molecule has 0 spiro atoms. The van der Waals surface area contributed by atoms with Gasteiger partial charge in [0.1, 0.15) is 5.78 Å². The van der Waals surface area contributed by atoms with Gasteiger partial charge in [0.05, 0.1) is 18.3 Å². The van der Waals surface area contributed by atoms with E-state index in [2.05, 4.69) is 0 Å². The van der Waals surface area contributed by atoms with Crippen molar-refractivity contribution in [2.24, 2.45) is 5.41 Å². The zero-order chi connectivity index (χ0) is 11.1. The van der Waals surface area contributed by atoms with Crippen LogP contribution in [0, 0.1) is 5.41 Å². The van der Waals surface area contributed by atoms with Gasteiger partial charge in [0.25, 0.3) is 0 Å². The van der Waals surface area contributed by atoms with Gasteiger partial charge in [0.2, 0.25) is 0 Å². The first-order chi connectivity index (χ1) is 7.04. The van der Waals surface area contributed by atoms with Crippen molar-refractivity contribution in [3.63, 3.8) is 0 Å². The maximum absolute atomic E-state index is 11.4. The maximum atomic E-state index is 11.4. The molecule has 0 heterocycles. The Labute approximate surface area is 88.9 Å². The number of ketones is 1. The van der Waals surface area contributed by atoms with Crippen molar-refractivity contribution in [1.82, 2.24) is 0 Å². The van der Waals surface area contributed by atoms with Crippen molar-refractivity contribution >= 4 is 5.78 Å². The third kappa shape index (κ3) is 1.43. The van der Waals surface area contributed by atoms with E-state index in [0.717, 1.165) is 12.8 Å². The van der Waals surface area contributed by atoms with Gasteiger partial charge in [-0.2, -0.15) is 0 Å². The van der Waals surface area contributed by atoms with Crippen molar-refractivity contribution in [3.05, 3.63) is 0 Å². The Morgan fingerprint density at radius 3 is 2.67 bits per heavy atom. The van der Waals surface area contributed by atoms with Crippen LogP contribution in [0.15, 0.2) is 0 Å². The van der Waals surface area contributed by atoms with Gasteiger partial charge in [-0.15, -0.1) is 0 Å². The van der Waals surface area contributed by atoms with E-state index in [9.17, 15) is 20.1 Å². The highest BCUT2D eigenvalue weighted by atomic mass is 16.3. The molecule has 4 nitrogen and oxygen atoms in total. The molecule has 2 rings (SSSR count). The first-order valence-corrected chi connectivity index (χ1v) is 5.57. The van der Waals surface area contributed by atoms with E-state index in [4.69, 9.17) is 0 Å². The molecule has 0 amide bonds. The summed E-state index contributed by atoms with van der Waals surface area (Å²) in [6, 6.07) is 0. The molecule has 2 aliphatic rings. The molecule has 2 fully saturated rings. The lowest BCUT2D eigenvalue weighted by Gasteiger charge is -2.54. The molecule has 3 N–H and O–H groups in total. The van der Waals surface area contributed by atoms with Gasteiger partial charge in [-0.25, -0.2) is 0 Å². The average Bonchev–Trinajstić information content (AvgIpc) is 2.16. The number of hydrogen-bond donors (Lipinski definition) is 3. The summed E-state index contributed by atoms with van der Waals surface area (Å²) in [6.45, 7) is -0.238. The summed E-state index contributed by atoms with van der Waals surface area (Å²) < 4.78 is 0. The molecule has 2 saturated carbocycles. The van der Waals surface area contributed by atoms with Crippen LogP contribution in [0.2, 0.25) is 0 Å². The number of Topliss-reactive ketones (excluding diaryl/α,β-unsaturated/α-hetero) is 1. The van der Waals surface area contributed by atoms with E-state index in [1.54, 1.807) is 0 Å². The molecular formula is C11H18O4. The van der Waals surface area contributed by atoms with Crippen molar-refractivity contribution in [2.75, 3.05) is 6.61 Å². The third-order valence-electron chi connectivity index (χ3n) is 4.22. The molecule has 0 saturated heterocycles. The summed E-state index contributed by atoms with van der Waals surface area (Å²) in [5, 5.41) is 29.9. The van der Waals surface area contributed by atoms with Crippen LogP contribution < -0.4 is 0 Å². The lowest BCUT2D eigenvalue weighted by atomic mass is 9.55. The smallest absolute Gasteiger partial charge is 0.138 e. The van der Waals surface area contributed by atoms with Gasteiger partial charge >= 0.3 is 0 Å². The Morgan fingerprint density at radius 2 is 2.00 bits per heavy atom. The van der Waals surface area contributed by atoms with Gasteiger partial charge in [-0.1, -0.05) is 12.8 Å². The molecular weight excluding hydrogens is 196 g/mol. The fraction of sp³-hybridized carbons (Fsp3) is 0.909. The molecule has 0 unspecified atom stereocenters. The number of carbonyl (C=O) groups excluding carboxylic acids is 1. The zero-order valence-electron chi connectivity index (χ0n) is 8.78. The number of aliphatic hydroxyl groups is 3. The predicted octanol–water partition coefficient (Wildman–Crippen LogP) is -0.00600. The molecule has 15 heavy (non-hydrogen) atoms. The molecule has 86 valence electrons. The minimum absolute atomic E-state index is 0.0723. The molecule has 0 aromatic carbocycles. The summed E-state index contributed by atoms with van der Waals surface area (Å²) in [5.41, 5.74) is -2.05. The van der Waals surface area contributed by atoms with E-state index in [-0.39, 0.29) is 25.2 Å². The van der Waals surface area contributed by atoms with Crippen molar-refractivity contribution in [3.8, 4) is 0 Å². The third-order valence-corrected chi connectivity index (χ3v) is 4.22. The molecule has 0 aromatic rings. The lowest BCUT2D eigenvalue weighted by Crippen LogP contribution is -2.63. The minimum atomic E-state index is -1.19. The summed E-state index contributed by atoms with van der Waals surface area (Å²) >= 11 is 0. The van der Waals surface area contributed by atoms with Crippen molar-refractivity contribution < 1.29 is 20.1 Å². The van der Waals surface area contributed by atoms with Gasteiger partial charge in [0, 0.05) is 18.3 Å². The topological polar surface area (TPSA) is 77.8 Å². The van der Waals surface area contributed by atoms with Crippen LogP contribution in [0.4, 0.5) is 0 Å². The van der Waals surface area contributed by atoms with Gasteiger partial charge in [-0.05, 0) is 12.8 Å². The fourth-order valence-electron chi connectivity index (χ4n) is 3.22. The Bertz CT molecular complexity index is 278. The Balaban J connectivity index is 2.37. The Hall–Kier alpha value is -0.450. The van der Waals surface area contributed by atoms with Crippen LogP contribution in [0.5, 0.6) is 0 Å². The number of fused-ring (bicyclic) bond motifs is 1. The number of hydrogen-bond acceptors (Lipinski definition) is 4.